The smallest absolute Gasteiger partial charge is 0.408 e. The largest absolute Gasteiger partial charge is 0.497 e. The highest BCUT2D eigenvalue weighted by atomic mass is 16.6. The summed E-state index contributed by atoms with van der Waals surface area (Å²) >= 11 is 0. The molecule has 0 saturated carbocycles. The predicted molar refractivity (Wildman–Crippen MR) is 125 cm³/mol. The average molecular weight is 456 g/mol. The topological polar surface area (TPSA) is 104 Å². The van der Waals surface area contributed by atoms with Crippen molar-refractivity contribution in [2.75, 3.05) is 7.11 Å². The second-order valence-electron chi connectivity index (χ2n) is 9.16. The van der Waals surface area contributed by atoms with Crippen LogP contribution in [0.1, 0.15) is 40.2 Å². The molecular weight excluding hydrogens is 426 g/mol. The molecule has 0 aliphatic heterocycles. The number of hydrogen-bond donors (Lipinski definition) is 1. The van der Waals surface area contributed by atoms with Gasteiger partial charge in [-0.2, -0.15) is 0 Å². The molecule has 8 heteroatoms. The molecule has 0 radical (unpaired) electrons. The van der Waals surface area contributed by atoms with E-state index in [2.05, 4.69) is 5.32 Å². The summed E-state index contributed by atoms with van der Waals surface area (Å²) in [5, 5.41) is 4.38. The Labute approximate surface area is 191 Å². The van der Waals surface area contributed by atoms with Crippen LogP contribution in [-0.2, 0) is 9.53 Å². The molecule has 1 amide bonds. The molecule has 0 aliphatic carbocycles. The third-order valence-corrected chi connectivity index (χ3v) is 5.09. The van der Waals surface area contributed by atoms with Crippen LogP contribution in [0.3, 0.4) is 0 Å². The Morgan fingerprint density at radius 2 is 1.70 bits per heavy atom. The first-order valence-corrected chi connectivity index (χ1v) is 10.7. The van der Waals surface area contributed by atoms with Gasteiger partial charge in [0.05, 0.1) is 12.5 Å². The Balaban J connectivity index is 1.94. The zero-order valence-corrected chi connectivity index (χ0v) is 19.9. The van der Waals surface area contributed by atoms with Crippen molar-refractivity contribution < 1.29 is 28.2 Å². The Kier molecular flexibility index (Phi) is 6.67. The highest BCUT2D eigenvalue weighted by Crippen LogP contribution is 2.32. The number of ether oxygens (including phenoxy) is 3. The minimum absolute atomic E-state index is 0.236. The van der Waals surface area contributed by atoms with Crippen molar-refractivity contribution in [1.82, 2.24) is 5.32 Å². The highest BCUT2D eigenvalue weighted by molar-refractivity contribution is 6.06. The van der Waals surface area contributed by atoms with Gasteiger partial charge in [-0.3, -0.25) is 0 Å². The molecule has 0 unspecified atom stereocenters. The number of benzene rings is 2. The Morgan fingerprint density at radius 1 is 1.03 bits per heavy atom. The summed E-state index contributed by atoms with van der Waals surface area (Å²) in [4.78, 5) is 37.7. The van der Waals surface area contributed by atoms with Crippen molar-refractivity contribution in [2.24, 2.45) is 5.92 Å². The van der Waals surface area contributed by atoms with Gasteiger partial charge < -0.3 is 23.9 Å². The van der Waals surface area contributed by atoms with E-state index in [-0.39, 0.29) is 11.7 Å². The minimum Gasteiger partial charge on any atom is -0.497 e. The van der Waals surface area contributed by atoms with E-state index in [4.69, 9.17) is 18.6 Å². The van der Waals surface area contributed by atoms with E-state index in [1.165, 1.54) is 7.11 Å². The standard InChI is InChI=1S/C25H29NO7/c1-13(2)20(26-24(29)33-25(4,5)6)23(28)31-19-11-10-17-16-9-8-15(30-7)12-18(16)22(27)32-21(17)14(19)3/h8-13,20H,1-7H3,(H,26,29)/t20-/m0/s1. The van der Waals surface area contributed by atoms with Gasteiger partial charge in [-0.05, 0) is 63.9 Å². The zero-order valence-electron chi connectivity index (χ0n) is 19.9. The first kappa shape index (κ1) is 24.1. The molecular formula is C25H29NO7. The molecule has 176 valence electrons. The summed E-state index contributed by atoms with van der Waals surface area (Å²) in [6.45, 7) is 10.5. The quantitative estimate of drug-likeness (QED) is 0.257. The lowest BCUT2D eigenvalue weighted by molar-refractivity contribution is -0.138. The number of nitrogens with one attached hydrogen (secondary N) is 1. The van der Waals surface area contributed by atoms with Crippen LogP contribution >= 0.6 is 0 Å². The zero-order chi connectivity index (χ0) is 24.5. The van der Waals surface area contributed by atoms with Crippen LogP contribution in [0.25, 0.3) is 21.7 Å². The van der Waals surface area contributed by atoms with E-state index in [0.717, 1.165) is 0 Å². The lowest BCUT2D eigenvalue weighted by Gasteiger charge is -2.24. The van der Waals surface area contributed by atoms with Crippen LogP contribution < -0.4 is 20.4 Å². The molecule has 8 nitrogen and oxygen atoms in total. The van der Waals surface area contributed by atoms with Gasteiger partial charge >= 0.3 is 17.7 Å². The van der Waals surface area contributed by atoms with Crippen molar-refractivity contribution >= 4 is 33.8 Å². The molecule has 0 aliphatic rings. The van der Waals surface area contributed by atoms with Crippen LogP contribution in [0.2, 0.25) is 0 Å². The van der Waals surface area contributed by atoms with Crippen LogP contribution in [0.15, 0.2) is 39.5 Å². The summed E-state index contributed by atoms with van der Waals surface area (Å²) in [6, 6.07) is 7.63. The molecule has 1 N–H and O–H groups in total. The van der Waals surface area contributed by atoms with Gasteiger partial charge in [0, 0.05) is 16.3 Å². The Bertz CT molecular complexity index is 1270. The number of methoxy groups -OCH3 is 1. The summed E-state index contributed by atoms with van der Waals surface area (Å²) < 4.78 is 21.6. The molecule has 0 spiro atoms. The van der Waals surface area contributed by atoms with Gasteiger partial charge in [-0.15, -0.1) is 0 Å². The third kappa shape index (κ3) is 5.27. The van der Waals surface area contributed by atoms with E-state index in [1.54, 1.807) is 71.9 Å². The van der Waals surface area contributed by atoms with Crippen molar-refractivity contribution in [3.63, 3.8) is 0 Å². The maximum Gasteiger partial charge on any atom is 0.408 e. The summed E-state index contributed by atoms with van der Waals surface area (Å²) in [6.07, 6.45) is -0.707. The number of esters is 1. The number of aryl methyl sites for hydroxylation is 1. The Hall–Kier alpha value is -3.55. The highest BCUT2D eigenvalue weighted by Gasteiger charge is 2.29. The first-order valence-electron chi connectivity index (χ1n) is 10.7. The van der Waals surface area contributed by atoms with E-state index in [0.29, 0.717) is 33.1 Å². The normalized spacial score (nSPS) is 12.6. The van der Waals surface area contributed by atoms with Gasteiger partial charge in [0.1, 0.15) is 28.7 Å². The van der Waals surface area contributed by atoms with Gasteiger partial charge in [-0.25, -0.2) is 14.4 Å². The number of carbonyl (C=O) groups excluding carboxylic acids is 2. The van der Waals surface area contributed by atoms with Crippen molar-refractivity contribution in [1.29, 1.82) is 0 Å². The van der Waals surface area contributed by atoms with E-state index < -0.39 is 29.3 Å². The van der Waals surface area contributed by atoms with Crippen LogP contribution in [-0.4, -0.2) is 30.8 Å². The Morgan fingerprint density at radius 3 is 2.30 bits per heavy atom. The first-order chi connectivity index (χ1) is 15.4. The second-order valence-corrected chi connectivity index (χ2v) is 9.16. The molecule has 33 heavy (non-hydrogen) atoms. The maximum absolute atomic E-state index is 12.9. The monoisotopic (exact) mass is 455 g/mol. The van der Waals surface area contributed by atoms with Crippen LogP contribution in [0.5, 0.6) is 11.5 Å². The van der Waals surface area contributed by atoms with Gasteiger partial charge in [0.25, 0.3) is 0 Å². The molecule has 0 saturated heterocycles. The van der Waals surface area contributed by atoms with Gasteiger partial charge in [-0.1, -0.05) is 13.8 Å². The molecule has 3 aromatic rings. The number of amides is 1. The molecule has 3 rings (SSSR count). The molecule has 1 atom stereocenters. The fraction of sp³-hybridized carbons (Fsp3) is 0.400. The fourth-order valence-electron chi connectivity index (χ4n) is 3.43. The minimum atomic E-state index is -0.925. The molecule has 1 aromatic heterocycles. The van der Waals surface area contributed by atoms with Crippen molar-refractivity contribution in [2.45, 2.75) is 53.2 Å². The average Bonchev–Trinajstić information content (AvgIpc) is 2.72. The number of alkyl carbamates (subject to hydrolysis) is 1. The maximum atomic E-state index is 12.9. The number of hydrogen-bond acceptors (Lipinski definition) is 7. The second kappa shape index (κ2) is 9.13. The SMILES string of the molecule is COc1ccc2c(c1)c(=O)oc1c(C)c(OC(=O)[C@@H](NC(=O)OC(C)(C)C)C(C)C)ccc12. The molecule has 0 bridgehead atoms. The summed E-state index contributed by atoms with van der Waals surface area (Å²) in [5.74, 6) is -0.109. The fourth-order valence-corrected chi connectivity index (χ4v) is 3.43. The number of rotatable bonds is 5. The molecule has 0 fully saturated rings. The lowest BCUT2D eigenvalue weighted by Crippen LogP contribution is -2.48. The van der Waals surface area contributed by atoms with E-state index in [9.17, 15) is 14.4 Å². The van der Waals surface area contributed by atoms with Crippen molar-refractivity contribution in [3.05, 3.63) is 46.3 Å². The predicted octanol–water partition coefficient (Wildman–Crippen LogP) is 4.72. The number of fused-ring (bicyclic) bond motifs is 3. The summed E-state index contributed by atoms with van der Waals surface area (Å²) in [5.41, 5.74) is -0.399. The summed E-state index contributed by atoms with van der Waals surface area (Å²) in [7, 11) is 1.52. The third-order valence-electron chi connectivity index (χ3n) is 5.09. The van der Waals surface area contributed by atoms with E-state index in [1.807, 2.05) is 0 Å². The number of carbonyl (C=O) groups is 2. The van der Waals surface area contributed by atoms with Crippen LogP contribution in [0.4, 0.5) is 4.79 Å². The van der Waals surface area contributed by atoms with Gasteiger partial charge in [0.2, 0.25) is 0 Å². The van der Waals surface area contributed by atoms with E-state index >= 15 is 0 Å². The molecule has 1 heterocycles. The van der Waals surface area contributed by atoms with Gasteiger partial charge in [0.15, 0.2) is 0 Å². The lowest BCUT2D eigenvalue weighted by atomic mass is 10.0. The molecule has 2 aromatic carbocycles. The van der Waals surface area contributed by atoms with Crippen LogP contribution in [0, 0.1) is 12.8 Å². The van der Waals surface area contributed by atoms with Crippen molar-refractivity contribution in [3.8, 4) is 11.5 Å².